The number of rotatable bonds is 8. The molecule has 31 heavy (non-hydrogen) atoms. The van der Waals surface area contributed by atoms with Crippen LogP contribution in [-0.4, -0.2) is 34.7 Å². The number of pyridine rings is 1. The highest BCUT2D eigenvalue weighted by Gasteiger charge is 2.14. The molecule has 0 saturated carbocycles. The molecule has 0 spiro atoms. The SMILES string of the molecule is CCCc1cn(CC(C)C)c(=O)n1Cc1ccc(-c2cccnc2-c2nnn[nH]2)cc1. The van der Waals surface area contributed by atoms with Gasteiger partial charge in [-0.25, -0.2) is 9.89 Å². The van der Waals surface area contributed by atoms with Gasteiger partial charge in [0.05, 0.1) is 6.54 Å². The number of nitrogens with one attached hydrogen (secondary N) is 1. The third-order valence-electron chi connectivity index (χ3n) is 5.18. The highest BCUT2D eigenvalue weighted by atomic mass is 16.1. The van der Waals surface area contributed by atoms with Crippen LogP contribution in [0.3, 0.4) is 0 Å². The van der Waals surface area contributed by atoms with Crippen LogP contribution in [0.25, 0.3) is 22.6 Å². The number of hydrogen-bond acceptors (Lipinski definition) is 5. The molecule has 0 saturated heterocycles. The predicted octanol–water partition coefficient (Wildman–Crippen LogP) is 3.55. The highest BCUT2D eigenvalue weighted by molar-refractivity contribution is 5.77. The van der Waals surface area contributed by atoms with Gasteiger partial charge in [-0.05, 0) is 40.0 Å². The van der Waals surface area contributed by atoms with Crippen molar-refractivity contribution in [3.8, 4) is 22.6 Å². The van der Waals surface area contributed by atoms with Gasteiger partial charge in [0.25, 0.3) is 0 Å². The maximum atomic E-state index is 13.0. The topological polar surface area (TPSA) is 94.3 Å². The number of aryl methyl sites for hydroxylation is 1. The third-order valence-corrected chi connectivity index (χ3v) is 5.18. The molecule has 1 aromatic carbocycles. The summed E-state index contributed by atoms with van der Waals surface area (Å²) in [5.74, 6) is 0.956. The minimum atomic E-state index is 0.0635. The number of imidazole rings is 1. The minimum Gasteiger partial charge on any atom is -0.299 e. The molecule has 0 radical (unpaired) electrons. The van der Waals surface area contributed by atoms with Crippen molar-refractivity contribution in [3.63, 3.8) is 0 Å². The lowest BCUT2D eigenvalue weighted by Crippen LogP contribution is -2.26. The van der Waals surface area contributed by atoms with E-state index >= 15 is 0 Å². The Hall–Kier alpha value is -3.55. The standard InChI is InChI=1S/C23H27N7O/c1-4-6-19-15-29(13-16(2)3)23(31)30(19)14-17-8-10-18(11-9-17)20-7-5-12-24-21(20)22-25-27-28-26-22/h5,7-12,15-16H,4,6,13-14H2,1-3H3,(H,25,26,27,28). The van der Waals surface area contributed by atoms with E-state index in [1.165, 1.54) is 0 Å². The minimum absolute atomic E-state index is 0.0635. The van der Waals surface area contributed by atoms with Gasteiger partial charge in [-0.15, -0.1) is 5.10 Å². The van der Waals surface area contributed by atoms with E-state index in [9.17, 15) is 4.79 Å². The van der Waals surface area contributed by atoms with E-state index in [1.54, 1.807) is 6.20 Å². The molecule has 0 atom stereocenters. The molecule has 0 aliphatic heterocycles. The summed E-state index contributed by atoms with van der Waals surface area (Å²) in [7, 11) is 0. The fourth-order valence-electron chi connectivity index (χ4n) is 3.79. The molecule has 0 aliphatic rings. The second kappa shape index (κ2) is 9.07. The molecule has 160 valence electrons. The van der Waals surface area contributed by atoms with Gasteiger partial charge in [0.2, 0.25) is 0 Å². The first-order valence-corrected chi connectivity index (χ1v) is 10.6. The van der Waals surface area contributed by atoms with Gasteiger partial charge in [-0.1, -0.05) is 57.5 Å². The van der Waals surface area contributed by atoms with E-state index in [-0.39, 0.29) is 5.69 Å². The second-order valence-corrected chi connectivity index (χ2v) is 8.13. The largest absolute Gasteiger partial charge is 0.328 e. The van der Waals surface area contributed by atoms with Crippen LogP contribution in [0, 0.1) is 5.92 Å². The number of nitrogens with zero attached hydrogens (tertiary/aromatic N) is 6. The molecule has 0 fully saturated rings. The molecule has 0 unspecified atom stereocenters. The monoisotopic (exact) mass is 417 g/mol. The number of aromatic amines is 1. The van der Waals surface area contributed by atoms with Crippen LogP contribution in [0.15, 0.2) is 53.6 Å². The zero-order valence-electron chi connectivity index (χ0n) is 18.1. The lowest BCUT2D eigenvalue weighted by Gasteiger charge is -2.09. The van der Waals surface area contributed by atoms with Crippen LogP contribution >= 0.6 is 0 Å². The van der Waals surface area contributed by atoms with Crippen LogP contribution in [0.4, 0.5) is 0 Å². The molecule has 8 heteroatoms. The molecule has 0 bridgehead atoms. The van der Waals surface area contributed by atoms with Crippen LogP contribution in [0.2, 0.25) is 0 Å². The number of benzene rings is 1. The molecule has 4 rings (SSSR count). The Morgan fingerprint density at radius 2 is 1.94 bits per heavy atom. The number of H-pyrrole nitrogens is 1. The number of tetrazole rings is 1. The predicted molar refractivity (Wildman–Crippen MR) is 119 cm³/mol. The quantitative estimate of drug-likeness (QED) is 0.473. The van der Waals surface area contributed by atoms with Crippen molar-refractivity contribution in [1.82, 2.24) is 34.7 Å². The molecular weight excluding hydrogens is 390 g/mol. The van der Waals surface area contributed by atoms with Crippen molar-refractivity contribution in [2.24, 2.45) is 5.92 Å². The summed E-state index contributed by atoms with van der Waals surface area (Å²) in [6.07, 6.45) is 5.64. The first-order chi connectivity index (χ1) is 15.1. The molecular formula is C23H27N7O. The second-order valence-electron chi connectivity index (χ2n) is 8.13. The highest BCUT2D eigenvalue weighted by Crippen LogP contribution is 2.28. The maximum Gasteiger partial charge on any atom is 0.328 e. The fraction of sp³-hybridized carbons (Fsp3) is 0.348. The maximum absolute atomic E-state index is 13.0. The third kappa shape index (κ3) is 4.47. The van der Waals surface area contributed by atoms with E-state index in [0.29, 0.717) is 24.0 Å². The molecule has 0 aliphatic carbocycles. The Balaban J connectivity index is 1.62. The van der Waals surface area contributed by atoms with Gasteiger partial charge in [-0.2, -0.15) is 0 Å². The lowest BCUT2D eigenvalue weighted by molar-refractivity contribution is 0.503. The van der Waals surface area contributed by atoms with Crippen molar-refractivity contribution in [2.75, 3.05) is 0 Å². The summed E-state index contributed by atoms with van der Waals surface area (Å²) in [6, 6.07) is 12.1. The molecule has 0 amide bonds. The Labute approximate surface area is 181 Å². The molecule has 3 aromatic heterocycles. The van der Waals surface area contributed by atoms with E-state index < -0.39 is 0 Å². The Bertz CT molecular complexity index is 1190. The van der Waals surface area contributed by atoms with Crippen LogP contribution in [-0.2, 0) is 19.5 Å². The van der Waals surface area contributed by atoms with Crippen LogP contribution in [0.5, 0.6) is 0 Å². The number of hydrogen-bond donors (Lipinski definition) is 1. The van der Waals surface area contributed by atoms with Gasteiger partial charge >= 0.3 is 5.69 Å². The van der Waals surface area contributed by atoms with E-state index in [1.807, 2.05) is 27.5 Å². The fourth-order valence-corrected chi connectivity index (χ4v) is 3.79. The Morgan fingerprint density at radius 1 is 1.13 bits per heavy atom. The Morgan fingerprint density at radius 3 is 2.61 bits per heavy atom. The first-order valence-electron chi connectivity index (χ1n) is 10.6. The van der Waals surface area contributed by atoms with Crippen LogP contribution in [0.1, 0.15) is 38.4 Å². The van der Waals surface area contributed by atoms with Crippen molar-refractivity contribution in [3.05, 3.63) is 70.5 Å². The summed E-state index contributed by atoms with van der Waals surface area (Å²) in [6.45, 7) is 7.69. The Kier molecular flexibility index (Phi) is 6.06. The van der Waals surface area contributed by atoms with Gasteiger partial charge in [0.15, 0.2) is 5.82 Å². The molecule has 4 aromatic rings. The van der Waals surface area contributed by atoms with E-state index in [4.69, 9.17) is 0 Å². The van der Waals surface area contributed by atoms with Crippen molar-refractivity contribution in [2.45, 2.75) is 46.7 Å². The van der Waals surface area contributed by atoms with E-state index in [0.717, 1.165) is 41.8 Å². The van der Waals surface area contributed by atoms with Crippen molar-refractivity contribution < 1.29 is 0 Å². The average Bonchev–Trinajstić information content (AvgIpc) is 3.39. The van der Waals surface area contributed by atoms with Gasteiger partial charge in [-0.3, -0.25) is 14.1 Å². The molecule has 3 heterocycles. The number of aromatic nitrogens is 7. The summed E-state index contributed by atoms with van der Waals surface area (Å²) >= 11 is 0. The van der Waals surface area contributed by atoms with Crippen molar-refractivity contribution in [1.29, 1.82) is 0 Å². The first kappa shape index (κ1) is 20.7. The molecule has 8 nitrogen and oxygen atoms in total. The normalized spacial score (nSPS) is 11.4. The average molecular weight is 418 g/mol. The summed E-state index contributed by atoms with van der Waals surface area (Å²) in [5.41, 5.74) is 4.89. The zero-order chi connectivity index (χ0) is 21.8. The van der Waals surface area contributed by atoms with Gasteiger partial charge in [0.1, 0.15) is 5.69 Å². The zero-order valence-corrected chi connectivity index (χ0v) is 18.1. The molecule has 1 N–H and O–H groups in total. The summed E-state index contributed by atoms with van der Waals surface area (Å²) in [4.78, 5) is 17.4. The van der Waals surface area contributed by atoms with Gasteiger partial charge < -0.3 is 0 Å². The van der Waals surface area contributed by atoms with Crippen molar-refractivity contribution >= 4 is 0 Å². The van der Waals surface area contributed by atoms with Crippen LogP contribution < -0.4 is 5.69 Å². The lowest BCUT2D eigenvalue weighted by atomic mass is 10.0. The summed E-state index contributed by atoms with van der Waals surface area (Å²) < 4.78 is 3.74. The van der Waals surface area contributed by atoms with E-state index in [2.05, 4.69) is 70.6 Å². The summed E-state index contributed by atoms with van der Waals surface area (Å²) in [5, 5.41) is 14.1. The smallest absolute Gasteiger partial charge is 0.299 e. The van der Waals surface area contributed by atoms with Gasteiger partial charge in [0, 0.05) is 30.2 Å².